The Morgan fingerprint density at radius 2 is 1.65 bits per heavy atom. The predicted molar refractivity (Wildman–Crippen MR) is 77.8 cm³/mol. The van der Waals surface area contributed by atoms with Crippen LogP contribution in [0.25, 0.3) is 6.08 Å². The molecular weight excluding hydrogens is 276 g/mol. The highest BCUT2D eigenvalue weighted by atomic mass is 32.3. The Morgan fingerprint density at radius 3 is 2.35 bits per heavy atom. The van der Waals surface area contributed by atoms with Crippen LogP contribution in [0.1, 0.15) is 11.1 Å². The van der Waals surface area contributed by atoms with Crippen LogP contribution < -0.4 is 4.18 Å². The molecule has 2 aromatic rings. The van der Waals surface area contributed by atoms with Crippen molar-refractivity contribution in [2.45, 2.75) is 6.42 Å². The Kier molecular flexibility index (Phi) is 4.55. The van der Waals surface area contributed by atoms with Crippen LogP contribution in [0.3, 0.4) is 0 Å². The van der Waals surface area contributed by atoms with Gasteiger partial charge in [-0.3, -0.25) is 4.55 Å². The Hall–Kier alpha value is -2.11. The third-order valence-corrected chi connectivity index (χ3v) is 3.01. The molecule has 104 valence electrons. The molecule has 0 atom stereocenters. The lowest BCUT2D eigenvalue weighted by molar-refractivity contribution is 0.385. The van der Waals surface area contributed by atoms with Gasteiger partial charge in [0, 0.05) is 0 Å². The fraction of sp³-hybridized carbons (Fsp3) is 0.0667. The van der Waals surface area contributed by atoms with Crippen LogP contribution in [-0.4, -0.2) is 13.0 Å². The van der Waals surface area contributed by atoms with E-state index in [0.29, 0.717) is 12.0 Å². The van der Waals surface area contributed by atoms with E-state index in [9.17, 15) is 8.42 Å². The van der Waals surface area contributed by atoms with Crippen molar-refractivity contribution >= 4 is 16.5 Å². The average molecular weight is 290 g/mol. The van der Waals surface area contributed by atoms with Crippen molar-refractivity contribution in [3.05, 3.63) is 71.8 Å². The number of hydrogen-bond acceptors (Lipinski definition) is 3. The second-order valence-corrected chi connectivity index (χ2v) is 5.16. The third-order valence-electron chi connectivity index (χ3n) is 2.62. The largest absolute Gasteiger partial charge is 0.446 e. The summed E-state index contributed by atoms with van der Waals surface area (Å²) in [5.74, 6) is 0.132. The maximum atomic E-state index is 10.8. The molecule has 0 saturated carbocycles. The van der Waals surface area contributed by atoms with Gasteiger partial charge in [-0.15, -0.1) is 0 Å². The quantitative estimate of drug-likeness (QED) is 0.859. The highest BCUT2D eigenvalue weighted by Gasteiger charge is 2.09. The van der Waals surface area contributed by atoms with Crippen LogP contribution >= 0.6 is 0 Å². The molecule has 0 fully saturated rings. The Bertz CT molecular complexity index is 691. The van der Waals surface area contributed by atoms with E-state index in [1.54, 1.807) is 18.2 Å². The summed E-state index contributed by atoms with van der Waals surface area (Å²) in [5.41, 5.74) is 1.73. The van der Waals surface area contributed by atoms with Gasteiger partial charge in [0.25, 0.3) is 0 Å². The maximum absolute atomic E-state index is 10.8. The van der Waals surface area contributed by atoms with E-state index >= 15 is 0 Å². The lowest BCUT2D eigenvalue weighted by Gasteiger charge is -2.06. The molecule has 0 aliphatic carbocycles. The van der Waals surface area contributed by atoms with Gasteiger partial charge in [0.2, 0.25) is 0 Å². The van der Waals surface area contributed by atoms with E-state index in [-0.39, 0.29) is 5.75 Å². The van der Waals surface area contributed by atoms with Crippen LogP contribution in [0.2, 0.25) is 0 Å². The van der Waals surface area contributed by atoms with Crippen molar-refractivity contribution < 1.29 is 17.2 Å². The number of hydrogen-bond donors (Lipinski definition) is 1. The first-order chi connectivity index (χ1) is 9.54. The zero-order valence-electron chi connectivity index (χ0n) is 10.6. The van der Waals surface area contributed by atoms with Crippen LogP contribution in [0, 0.1) is 0 Å². The predicted octanol–water partition coefficient (Wildman–Crippen LogP) is 3.12. The number of allylic oxidation sites excluding steroid dienone is 1. The van der Waals surface area contributed by atoms with Gasteiger partial charge in [-0.25, -0.2) is 0 Å². The summed E-state index contributed by atoms with van der Waals surface area (Å²) in [5, 5.41) is 0. The molecular formula is C15H14O4S. The first-order valence-corrected chi connectivity index (χ1v) is 7.37. The minimum atomic E-state index is -4.50. The van der Waals surface area contributed by atoms with Crippen LogP contribution in [0.15, 0.2) is 60.7 Å². The fourth-order valence-electron chi connectivity index (χ4n) is 1.75. The van der Waals surface area contributed by atoms with Crippen molar-refractivity contribution in [2.24, 2.45) is 0 Å². The summed E-state index contributed by atoms with van der Waals surface area (Å²) in [6, 6.07) is 16.4. The van der Waals surface area contributed by atoms with Crippen molar-refractivity contribution in [1.29, 1.82) is 0 Å². The van der Waals surface area contributed by atoms with Gasteiger partial charge >= 0.3 is 10.4 Å². The molecule has 0 heterocycles. The molecule has 0 amide bonds. The van der Waals surface area contributed by atoms with E-state index in [1.807, 2.05) is 42.5 Å². The standard InChI is InChI=1S/C15H14O4S/c16-20(17,18)19-15-12-5-4-10-14(15)11-6-9-13-7-2-1-3-8-13/h1-10,12H,11H2,(H,16,17,18)/b9-6+. The van der Waals surface area contributed by atoms with Gasteiger partial charge in [0.05, 0.1) is 0 Å². The molecule has 2 rings (SSSR count). The van der Waals surface area contributed by atoms with Gasteiger partial charge in [-0.05, 0) is 23.6 Å². The lowest BCUT2D eigenvalue weighted by Crippen LogP contribution is -2.08. The average Bonchev–Trinajstić information content (AvgIpc) is 2.40. The molecule has 0 unspecified atom stereocenters. The van der Waals surface area contributed by atoms with Gasteiger partial charge in [0.1, 0.15) is 5.75 Å². The molecule has 5 heteroatoms. The summed E-state index contributed by atoms with van der Waals surface area (Å²) in [6.45, 7) is 0. The summed E-state index contributed by atoms with van der Waals surface area (Å²) in [4.78, 5) is 0. The van der Waals surface area contributed by atoms with E-state index in [2.05, 4.69) is 4.18 Å². The van der Waals surface area contributed by atoms with Crippen LogP contribution in [-0.2, 0) is 16.8 Å². The summed E-state index contributed by atoms with van der Waals surface area (Å²) in [7, 11) is -4.50. The summed E-state index contributed by atoms with van der Waals surface area (Å²) in [6.07, 6.45) is 4.34. The molecule has 0 aliphatic heterocycles. The monoisotopic (exact) mass is 290 g/mol. The highest BCUT2D eigenvalue weighted by molar-refractivity contribution is 7.81. The molecule has 0 bridgehead atoms. The zero-order chi connectivity index (χ0) is 14.4. The van der Waals surface area contributed by atoms with Crippen molar-refractivity contribution in [1.82, 2.24) is 0 Å². The second kappa shape index (κ2) is 6.36. The minimum absolute atomic E-state index is 0.132. The number of benzene rings is 2. The van der Waals surface area contributed by atoms with Gasteiger partial charge < -0.3 is 4.18 Å². The van der Waals surface area contributed by atoms with Crippen LogP contribution in [0.5, 0.6) is 5.75 Å². The molecule has 0 saturated heterocycles. The molecule has 2 aromatic carbocycles. The molecule has 0 aromatic heterocycles. The summed E-state index contributed by atoms with van der Waals surface area (Å²) >= 11 is 0. The fourth-order valence-corrected chi connectivity index (χ4v) is 2.14. The minimum Gasteiger partial charge on any atom is -0.362 e. The zero-order valence-corrected chi connectivity index (χ0v) is 11.5. The summed E-state index contributed by atoms with van der Waals surface area (Å²) < 4.78 is 34.8. The van der Waals surface area contributed by atoms with Crippen molar-refractivity contribution in [2.75, 3.05) is 0 Å². The van der Waals surface area contributed by atoms with Gasteiger partial charge in [-0.2, -0.15) is 8.42 Å². The van der Waals surface area contributed by atoms with E-state index in [4.69, 9.17) is 4.55 Å². The Morgan fingerprint density at radius 1 is 1.00 bits per heavy atom. The molecule has 0 spiro atoms. The van der Waals surface area contributed by atoms with Gasteiger partial charge in [-0.1, -0.05) is 60.7 Å². The molecule has 20 heavy (non-hydrogen) atoms. The SMILES string of the molecule is O=S(=O)(O)Oc1ccccc1C/C=C/c1ccccc1. The first-order valence-electron chi connectivity index (χ1n) is 6.01. The topological polar surface area (TPSA) is 63.6 Å². The normalized spacial score (nSPS) is 11.7. The number of rotatable bonds is 5. The molecule has 0 aliphatic rings. The first kappa shape index (κ1) is 14.3. The van der Waals surface area contributed by atoms with E-state index in [0.717, 1.165) is 5.56 Å². The number of para-hydroxylation sites is 1. The molecule has 1 N–H and O–H groups in total. The Balaban J connectivity index is 2.12. The van der Waals surface area contributed by atoms with Crippen molar-refractivity contribution in [3.8, 4) is 5.75 Å². The van der Waals surface area contributed by atoms with E-state index in [1.165, 1.54) is 6.07 Å². The highest BCUT2D eigenvalue weighted by Crippen LogP contribution is 2.20. The molecule has 4 nitrogen and oxygen atoms in total. The van der Waals surface area contributed by atoms with E-state index < -0.39 is 10.4 Å². The lowest BCUT2D eigenvalue weighted by atomic mass is 10.1. The van der Waals surface area contributed by atoms with Crippen LogP contribution in [0.4, 0.5) is 0 Å². The Labute approximate surface area is 118 Å². The second-order valence-electron chi connectivity index (χ2n) is 4.14. The van der Waals surface area contributed by atoms with Crippen molar-refractivity contribution in [3.63, 3.8) is 0 Å². The third kappa shape index (κ3) is 4.53. The van der Waals surface area contributed by atoms with Gasteiger partial charge in [0.15, 0.2) is 0 Å². The smallest absolute Gasteiger partial charge is 0.362 e. The molecule has 0 radical (unpaired) electrons. The maximum Gasteiger partial charge on any atom is 0.446 e.